The van der Waals surface area contributed by atoms with Crippen LogP contribution < -0.4 is 5.73 Å². The summed E-state index contributed by atoms with van der Waals surface area (Å²) in [4.78, 5) is 0. The first-order valence-corrected chi connectivity index (χ1v) is 4.17. The van der Waals surface area contributed by atoms with Gasteiger partial charge in [-0.25, -0.2) is 0 Å². The average molecular weight is 157 g/mol. The zero-order chi connectivity index (χ0) is 8.55. The van der Waals surface area contributed by atoms with Crippen molar-refractivity contribution in [2.24, 2.45) is 5.73 Å². The second-order valence-electron chi connectivity index (χ2n) is 3.16. The van der Waals surface area contributed by atoms with E-state index in [-0.39, 0.29) is 6.04 Å². The molecule has 0 radical (unpaired) electrons. The lowest BCUT2D eigenvalue weighted by molar-refractivity contribution is 0.713. The van der Waals surface area contributed by atoms with Gasteiger partial charge in [0, 0.05) is 11.6 Å². The van der Waals surface area contributed by atoms with Gasteiger partial charge in [0.2, 0.25) is 0 Å². The third kappa shape index (κ3) is 0.929. The zero-order valence-electron chi connectivity index (χ0n) is 6.88. The van der Waals surface area contributed by atoms with Crippen LogP contribution in [0, 0.1) is 12.3 Å². The lowest BCUT2D eigenvalue weighted by Gasteiger charge is -2.04. The van der Waals surface area contributed by atoms with E-state index in [9.17, 15) is 0 Å². The molecule has 0 fully saturated rings. The molecule has 0 heterocycles. The molecule has 1 unspecified atom stereocenters. The summed E-state index contributed by atoms with van der Waals surface area (Å²) in [5, 5.41) is 0. The normalized spacial score (nSPS) is 20.2. The minimum absolute atomic E-state index is 0.202. The third-order valence-electron chi connectivity index (χ3n) is 2.47. The molecule has 1 heteroatoms. The second-order valence-corrected chi connectivity index (χ2v) is 3.16. The summed E-state index contributed by atoms with van der Waals surface area (Å²) >= 11 is 0. The highest BCUT2D eigenvalue weighted by Crippen LogP contribution is 2.30. The Labute approximate surface area is 72.6 Å². The highest BCUT2D eigenvalue weighted by molar-refractivity contribution is 5.47. The number of fused-ring (bicyclic) bond motifs is 1. The number of hydrogen-bond donors (Lipinski definition) is 1. The minimum atomic E-state index is 0.202. The van der Waals surface area contributed by atoms with Crippen LogP contribution in [-0.2, 0) is 6.42 Å². The summed E-state index contributed by atoms with van der Waals surface area (Å²) in [6.07, 6.45) is 7.45. The van der Waals surface area contributed by atoms with Crippen LogP contribution in [-0.4, -0.2) is 0 Å². The Morgan fingerprint density at radius 1 is 1.50 bits per heavy atom. The first-order chi connectivity index (χ1) is 5.83. The molecular formula is C11H11N. The van der Waals surface area contributed by atoms with Gasteiger partial charge in [-0.3, -0.25) is 0 Å². The predicted octanol–water partition coefficient (Wildman–Crippen LogP) is 1.61. The molecule has 0 saturated heterocycles. The van der Waals surface area contributed by atoms with Gasteiger partial charge in [0.1, 0.15) is 0 Å². The molecule has 2 rings (SSSR count). The van der Waals surface area contributed by atoms with E-state index in [4.69, 9.17) is 12.2 Å². The van der Waals surface area contributed by atoms with Crippen LogP contribution in [0.5, 0.6) is 0 Å². The molecule has 0 saturated carbocycles. The molecule has 1 aromatic carbocycles. The fraction of sp³-hybridized carbons (Fsp3) is 0.273. The van der Waals surface area contributed by atoms with Gasteiger partial charge in [0.15, 0.2) is 0 Å². The Morgan fingerprint density at radius 3 is 3.08 bits per heavy atom. The van der Waals surface area contributed by atoms with E-state index in [0.29, 0.717) is 0 Å². The molecule has 1 aromatic rings. The van der Waals surface area contributed by atoms with Gasteiger partial charge in [-0.2, -0.15) is 0 Å². The SMILES string of the molecule is C#Cc1cccc2c1CCC2N. The van der Waals surface area contributed by atoms with Crippen molar-refractivity contribution >= 4 is 0 Å². The van der Waals surface area contributed by atoms with Crippen LogP contribution in [0.4, 0.5) is 0 Å². The van der Waals surface area contributed by atoms with Crippen molar-refractivity contribution in [3.05, 3.63) is 34.9 Å². The van der Waals surface area contributed by atoms with E-state index in [1.165, 1.54) is 11.1 Å². The molecule has 0 aromatic heterocycles. The van der Waals surface area contributed by atoms with Gasteiger partial charge in [-0.1, -0.05) is 18.1 Å². The Hall–Kier alpha value is -1.26. The Kier molecular flexibility index (Phi) is 1.64. The molecule has 0 amide bonds. The third-order valence-corrected chi connectivity index (χ3v) is 2.47. The van der Waals surface area contributed by atoms with Crippen molar-refractivity contribution in [3.8, 4) is 12.3 Å². The van der Waals surface area contributed by atoms with E-state index in [2.05, 4.69) is 12.0 Å². The van der Waals surface area contributed by atoms with Crippen molar-refractivity contribution in [1.29, 1.82) is 0 Å². The van der Waals surface area contributed by atoms with Crippen molar-refractivity contribution in [3.63, 3.8) is 0 Å². The number of benzene rings is 1. The molecule has 0 bridgehead atoms. The predicted molar refractivity (Wildman–Crippen MR) is 49.6 cm³/mol. The van der Waals surface area contributed by atoms with Crippen LogP contribution in [0.1, 0.15) is 29.2 Å². The molecular weight excluding hydrogens is 146 g/mol. The fourth-order valence-electron chi connectivity index (χ4n) is 1.82. The van der Waals surface area contributed by atoms with Crippen LogP contribution in [0.25, 0.3) is 0 Å². The van der Waals surface area contributed by atoms with Crippen LogP contribution in [0.2, 0.25) is 0 Å². The maximum atomic E-state index is 5.90. The summed E-state index contributed by atoms with van der Waals surface area (Å²) in [5.41, 5.74) is 9.44. The minimum Gasteiger partial charge on any atom is -0.324 e. The molecule has 2 N–H and O–H groups in total. The van der Waals surface area contributed by atoms with Gasteiger partial charge in [0.25, 0.3) is 0 Å². The number of nitrogens with two attached hydrogens (primary N) is 1. The number of rotatable bonds is 0. The lowest BCUT2D eigenvalue weighted by Crippen LogP contribution is -2.04. The monoisotopic (exact) mass is 157 g/mol. The second kappa shape index (κ2) is 2.66. The maximum Gasteiger partial charge on any atom is 0.0301 e. The van der Waals surface area contributed by atoms with Crippen molar-refractivity contribution in [2.75, 3.05) is 0 Å². The van der Waals surface area contributed by atoms with Crippen molar-refractivity contribution < 1.29 is 0 Å². The molecule has 60 valence electrons. The first-order valence-electron chi connectivity index (χ1n) is 4.17. The number of hydrogen-bond acceptors (Lipinski definition) is 1. The van der Waals surface area contributed by atoms with Gasteiger partial charge in [-0.15, -0.1) is 6.42 Å². The highest BCUT2D eigenvalue weighted by atomic mass is 14.6. The zero-order valence-corrected chi connectivity index (χ0v) is 6.88. The molecule has 1 aliphatic rings. The lowest BCUT2D eigenvalue weighted by atomic mass is 10.0. The van der Waals surface area contributed by atoms with Gasteiger partial charge in [-0.05, 0) is 30.0 Å². The maximum absolute atomic E-state index is 5.90. The molecule has 12 heavy (non-hydrogen) atoms. The Balaban J connectivity index is 2.60. The first kappa shape index (κ1) is 7.39. The molecule has 0 aliphatic heterocycles. The topological polar surface area (TPSA) is 26.0 Å². The molecule has 1 nitrogen and oxygen atoms in total. The largest absolute Gasteiger partial charge is 0.324 e. The van der Waals surface area contributed by atoms with Crippen molar-refractivity contribution in [2.45, 2.75) is 18.9 Å². The highest BCUT2D eigenvalue weighted by Gasteiger charge is 2.20. The quantitative estimate of drug-likeness (QED) is 0.569. The van der Waals surface area contributed by atoms with E-state index in [0.717, 1.165) is 18.4 Å². The van der Waals surface area contributed by atoms with E-state index in [1.54, 1.807) is 0 Å². The summed E-state index contributed by atoms with van der Waals surface area (Å²) in [7, 11) is 0. The van der Waals surface area contributed by atoms with Crippen LogP contribution in [0.15, 0.2) is 18.2 Å². The van der Waals surface area contributed by atoms with Gasteiger partial charge < -0.3 is 5.73 Å². The summed E-state index contributed by atoms with van der Waals surface area (Å²) in [6.45, 7) is 0. The van der Waals surface area contributed by atoms with E-state index in [1.807, 2.05) is 12.1 Å². The smallest absolute Gasteiger partial charge is 0.0301 e. The Morgan fingerprint density at radius 2 is 2.33 bits per heavy atom. The molecule has 1 atom stereocenters. The van der Waals surface area contributed by atoms with E-state index >= 15 is 0 Å². The van der Waals surface area contributed by atoms with Crippen LogP contribution >= 0.6 is 0 Å². The molecule has 1 aliphatic carbocycles. The van der Waals surface area contributed by atoms with Gasteiger partial charge >= 0.3 is 0 Å². The summed E-state index contributed by atoms with van der Waals surface area (Å²) in [6, 6.07) is 6.25. The fourth-order valence-corrected chi connectivity index (χ4v) is 1.82. The summed E-state index contributed by atoms with van der Waals surface area (Å²) in [5.74, 6) is 2.69. The van der Waals surface area contributed by atoms with Crippen molar-refractivity contribution in [1.82, 2.24) is 0 Å². The average Bonchev–Trinajstić information content (AvgIpc) is 2.48. The van der Waals surface area contributed by atoms with Crippen LogP contribution in [0.3, 0.4) is 0 Å². The van der Waals surface area contributed by atoms with E-state index < -0.39 is 0 Å². The van der Waals surface area contributed by atoms with Gasteiger partial charge in [0.05, 0.1) is 0 Å². The summed E-state index contributed by atoms with van der Waals surface area (Å²) < 4.78 is 0. The standard InChI is InChI=1S/C11H11N/c1-2-8-4-3-5-10-9(8)6-7-11(10)12/h1,3-5,11H,6-7,12H2. The Bertz CT molecular complexity index is 347. The number of terminal acetylenes is 1. The molecule has 0 spiro atoms.